The second-order valence-electron chi connectivity index (χ2n) is 11.6. The fraction of sp³-hybridized carbons (Fsp3) is 0.0244. The van der Waals surface area contributed by atoms with Gasteiger partial charge in [-0.05, 0) is 40.5 Å². The monoisotopic (exact) mass is 602 g/mol. The fourth-order valence-electron chi connectivity index (χ4n) is 6.24. The van der Waals surface area contributed by atoms with Crippen LogP contribution in [0.3, 0.4) is 0 Å². The van der Waals surface area contributed by atoms with Gasteiger partial charge >= 0.3 is 0 Å². The molecule has 220 valence electrons. The number of hydrogen-bond donors (Lipinski definition) is 0. The predicted molar refractivity (Wildman–Crippen MR) is 186 cm³/mol. The Kier molecular flexibility index (Phi) is 6.42. The standard InChI is InChI=1S/C41H26N6/c1-3-11-27(12-4-1)39-45-40(28-13-5-2-6-14-28)47-41(46-39)29-21-19-26(20-22-29)37-38(44-35-18-10-9-17-34(35)43-37)36-24-33-31(25-42-36)23-30-15-7-8-16-32(30)33/h1-22,24-25H,23H2. The van der Waals surface area contributed by atoms with Crippen LogP contribution < -0.4 is 0 Å². The van der Waals surface area contributed by atoms with Crippen molar-refractivity contribution in [1.29, 1.82) is 0 Å². The summed E-state index contributed by atoms with van der Waals surface area (Å²) in [6.45, 7) is 0. The summed E-state index contributed by atoms with van der Waals surface area (Å²) in [5.41, 5.74) is 12.7. The Labute approximate surface area is 271 Å². The highest BCUT2D eigenvalue weighted by Crippen LogP contribution is 2.39. The van der Waals surface area contributed by atoms with Gasteiger partial charge in [-0.3, -0.25) is 4.98 Å². The predicted octanol–water partition coefficient (Wildman–Crippen LogP) is 9.12. The second-order valence-corrected chi connectivity index (χ2v) is 11.6. The van der Waals surface area contributed by atoms with Gasteiger partial charge in [-0.15, -0.1) is 0 Å². The van der Waals surface area contributed by atoms with E-state index in [-0.39, 0.29) is 0 Å². The first kappa shape index (κ1) is 27.0. The van der Waals surface area contributed by atoms with E-state index in [1.165, 1.54) is 22.3 Å². The van der Waals surface area contributed by atoms with Crippen LogP contribution in [0.1, 0.15) is 11.1 Å². The summed E-state index contributed by atoms with van der Waals surface area (Å²) in [7, 11) is 0. The van der Waals surface area contributed by atoms with Crippen molar-refractivity contribution in [2.45, 2.75) is 6.42 Å². The van der Waals surface area contributed by atoms with Gasteiger partial charge in [0.2, 0.25) is 0 Å². The summed E-state index contributed by atoms with van der Waals surface area (Å²) in [6, 6.07) is 46.9. The summed E-state index contributed by atoms with van der Waals surface area (Å²) in [6.07, 6.45) is 2.88. The molecular weight excluding hydrogens is 576 g/mol. The van der Waals surface area contributed by atoms with Crippen LogP contribution in [-0.2, 0) is 6.42 Å². The maximum absolute atomic E-state index is 5.13. The Morgan fingerprint density at radius 1 is 0.383 bits per heavy atom. The average molecular weight is 603 g/mol. The molecule has 0 N–H and O–H groups in total. The highest BCUT2D eigenvalue weighted by molar-refractivity contribution is 5.88. The first-order valence-corrected chi connectivity index (χ1v) is 15.6. The van der Waals surface area contributed by atoms with Crippen LogP contribution in [0.15, 0.2) is 146 Å². The molecule has 0 fully saturated rings. The third-order valence-electron chi connectivity index (χ3n) is 8.60. The van der Waals surface area contributed by atoms with Crippen LogP contribution >= 0.6 is 0 Å². The average Bonchev–Trinajstić information content (AvgIpc) is 3.53. The first-order chi connectivity index (χ1) is 23.3. The molecule has 0 saturated carbocycles. The molecule has 3 heterocycles. The van der Waals surface area contributed by atoms with Crippen LogP contribution in [0.25, 0.3) is 79.0 Å². The van der Waals surface area contributed by atoms with E-state index in [4.69, 9.17) is 29.9 Å². The minimum Gasteiger partial charge on any atom is -0.254 e. The lowest BCUT2D eigenvalue weighted by molar-refractivity contribution is 1.07. The zero-order valence-electron chi connectivity index (χ0n) is 25.2. The molecule has 8 aromatic rings. The molecule has 0 saturated heterocycles. The second kappa shape index (κ2) is 11.2. The Morgan fingerprint density at radius 3 is 1.53 bits per heavy atom. The molecule has 0 radical (unpaired) electrons. The van der Waals surface area contributed by atoms with Crippen LogP contribution in [0.4, 0.5) is 0 Å². The zero-order valence-corrected chi connectivity index (χ0v) is 25.2. The van der Waals surface area contributed by atoms with Crippen molar-refractivity contribution in [3.8, 4) is 67.9 Å². The zero-order chi connectivity index (χ0) is 31.2. The summed E-state index contributed by atoms with van der Waals surface area (Å²) >= 11 is 0. The van der Waals surface area contributed by atoms with Gasteiger partial charge in [-0.1, -0.05) is 121 Å². The van der Waals surface area contributed by atoms with E-state index in [0.717, 1.165) is 56.8 Å². The molecule has 6 nitrogen and oxygen atoms in total. The lowest BCUT2D eigenvalue weighted by Gasteiger charge is -2.12. The van der Waals surface area contributed by atoms with Gasteiger partial charge in [0.15, 0.2) is 17.5 Å². The van der Waals surface area contributed by atoms with Gasteiger partial charge in [-0.2, -0.15) is 0 Å². The van der Waals surface area contributed by atoms with Crippen LogP contribution in [0.2, 0.25) is 0 Å². The topological polar surface area (TPSA) is 77.3 Å². The van der Waals surface area contributed by atoms with Crippen molar-refractivity contribution < 1.29 is 0 Å². The van der Waals surface area contributed by atoms with Crippen molar-refractivity contribution >= 4 is 11.0 Å². The molecule has 9 rings (SSSR count). The van der Waals surface area contributed by atoms with Crippen molar-refractivity contribution in [2.75, 3.05) is 0 Å². The number of aromatic nitrogens is 6. The summed E-state index contributed by atoms with van der Waals surface area (Å²) in [5, 5.41) is 0. The van der Waals surface area contributed by atoms with Gasteiger partial charge in [0.05, 0.1) is 22.4 Å². The lowest BCUT2D eigenvalue weighted by atomic mass is 10.0. The summed E-state index contributed by atoms with van der Waals surface area (Å²) < 4.78 is 0. The van der Waals surface area contributed by atoms with E-state index in [0.29, 0.717) is 17.5 Å². The Morgan fingerprint density at radius 2 is 0.894 bits per heavy atom. The normalized spacial score (nSPS) is 11.7. The van der Waals surface area contributed by atoms with E-state index in [1.807, 2.05) is 103 Å². The molecule has 0 bridgehead atoms. The Balaban J connectivity index is 1.16. The lowest BCUT2D eigenvalue weighted by Crippen LogP contribution is -2.00. The van der Waals surface area contributed by atoms with E-state index >= 15 is 0 Å². The SMILES string of the molecule is c1ccc(-c2nc(-c3ccccc3)nc(-c3ccc(-c4nc5ccccc5nc4-c4cc5c(cn4)Cc4ccccc4-5)cc3)n2)cc1. The number of fused-ring (bicyclic) bond motifs is 4. The molecular formula is C41H26N6. The van der Waals surface area contributed by atoms with Crippen LogP contribution in [0, 0.1) is 0 Å². The van der Waals surface area contributed by atoms with Crippen molar-refractivity contribution in [3.63, 3.8) is 0 Å². The number of para-hydroxylation sites is 2. The van der Waals surface area contributed by atoms with Crippen molar-refractivity contribution in [1.82, 2.24) is 29.9 Å². The van der Waals surface area contributed by atoms with E-state index < -0.39 is 0 Å². The molecule has 5 aromatic carbocycles. The van der Waals surface area contributed by atoms with Crippen LogP contribution in [0.5, 0.6) is 0 Å². The van der Waals surface area contributed by atoms with Gasteiger partial charge in [0.25, 0.3) is 0 Å². The summed E-state index contributed by atoms with van der Waals surface area (Å²) in [5.74, 6) is 1.86. The molecule has 3 aromatic heterocycles. The maximum Gasteiger partial charge on any atom is 0.164 e. The molecule has 0 aliphatic heterocycles. The van der Waals surface area contributed by atoms with Gasteiger partial charge < -0.3 is 0 Å². The number of rotatable bonds is 5. The molecule has 0 spiro atoms. The van der Waals surface area contributed by atoms with E-state index in [2.05, 4.69) is 42.5 Å². The summed E-state index contributed by atoms with van der Waals surface area (Å²) in [4.78, 5) is 29.8. The van der Waals surface area contributed by atoms with Gasteiger partial charge in [0, 0.05) is 34.9 Å². The number of nitrogens with zero attached hydrogens (tertiary/aromatic N) is 6. The Hall–Kier alpha value is -6.40. The number of benzene rings is 5. The van der Waals surface area contributed by atoms with Crippen molar-refractivity contribution in [3.05, 3.63) is 157 Å². The fourth-order valence-corrected chi connectivity index (χ4v) is 6.24. The van der Waals surface area contributed by atoms with E-state index in [1.54, 1.807) is 0 Å². The number of pyridine rings is 1. The third kappa shape index (κ3) is 4.93. The quantitative estimate of drug-likeness (QED) is 0.196. The maximum atomic E-state index is 5.13. The minimum absolute atomic E-state index is 0.605. The minimum atomic E-state index is 0.605. The molecule has 0 atom stereocenters. The molecule has 1 aliphatic carbocycles. The molecule has 0 amide bonds. The number of hydrogen-bond acceptors (Lipinski definition) is 6. The molecule has 0 unspecified atom stereocenters. The molecule has 1 aliphatic rings. The highest BCUT2D eigenvalue weighted by Gasteiger charge is 2.22. The smallest absolute Gasteiger partial charge is 0.164 e. The first-order valence-electron chi connectivity index (χ1n) is 15.6. The molecule has 47 heavy (non-hydrogen) atoms. The van der Waals surface area contributed by atoms with E-state index in [9.17, 15) is 0 Å². The van der Waals surface area contributed by atoms with Gasteiger partial charge in [-0.25, -0.2) is 24.9 Å². The highest BCUT2D eigenvalue weighted by atomic mass is 15.0. The van der Waals surface area contributed by atoms with Crippen molar-refractivity contribution in [2.24, 2.45) is 0 Å². The largest absolute Gasteiger partial charge is 0.254 e. The Bertz CT molecular complexity index is 2370. The molecule has 6 heteroatoms. The van der Waals surface area contributed by atoms with Gasteiger partial charge in [0.1, 0.15) is 5.69 Å². The third-order valence-corrected chi connectivity index (χ3v) is 8.60. The van der Waals surface area contributed by atoms with Crippen LogP contribution in [-0.4, -0.2) is 29.9 Å².